The molecule has 3 rings (SSSR count). The summed E-state index contributed by atoms with van der Waals surface area (Å²) >= 11 is 0. The van der Waals surface area contributed by atoms with Crippen molar-refractivity contribution in [2.75, 3.05) is 13.1 Å². The van der Waals surface area contributed by atoms with Gasteiger partial charge in [-0.25, -0.2) is 0 Å². The Kier molecular flexibility index (Phi) is 6.90. The summed E-state index contributed by atoms with van der Waals surface area (Å²) in [6.45, 7) is 10.5. The smallest absolute Gasteiger partial charge is 0.219 e. The quantitative estimate of drug-likeness (QED) is 0.782. The largest absolute Gasteiger partial charge is 0.507 e. The molecule has 1 aromatic rings. The number of nitrogens with zero attached hydrogens (tertiary/aromatic N) is 1. The molecule has 0 aromatic heterocycles. The lowest BCUT2D eigenvalue weighted by Crippen LogP contribution is -2.49. The number of phenolic OH excluding ortho intramolecular Hbond substituents is 2. The maximum Gasteiger partial charge on any atom is 0.219 e. The average Bonchev–Trinajstić information content (AvgIpc) is 2.50. The number of aromatic hydroxyl groups is 2. The van der Waals surface area contributed by atoms with Crippen LogP contribution in [-0.2, 0) is 11.2 Å². The maximum absolute atomic E-state index is 11.2. The first-order valence-corrected chi connectivity index (χ1v) is 9.40. The van der Waals surface area contributed by atoms with E-state index in [9.17, 15) is 15.0 Å². The number of hydrogen-bond donors (Lipinski definition) is 2. The summed E-state index contributed by atoms with van der Waals surface area (Å²) < 4.78 is 0. The van der Waals surface area contributed by atoms with Gasteiger partial charge in [-0.2, -0.15) is 0 Å². The van der Waals surface area contributed by atoms with Crippen LogP contribution in [0.3, 0.4) is 0 Å². The van der Waals surface area contributed by atoms with E-state index in [1.165, 1.54) is 5.57 Å². The van der Waals surface area contributed by atoms with Crippen molar-refractivity contribution in [3.63, 3.8) is 0 Å². The van der Waals surface area contributed by atoms with Crippen LogP contribution in [0.25, 0.3) is 0 Å². The van der Waals surface area contributed by atoms with Crippen LogP contribution < -0.4 is 0 Å². The zero-order valence-corrected chi connectivity index (χ0v) is 16.2. The fourth-order valence-electron chi connectivity index (χ4n) is 3.81. The Morgan fingerprint density at radius 2 is 1.88 bits per heavy atom. The molecule has 1 fully saturated rings. The average molecular weight is 357 g/mol. The number of benzene rings is 1. The zero-order chi connectivity index (χ0) is 19.3. The Morgan fingerprint density at radius 3 is 2.38 bits per heavy atom. The summed E-state index contributed by atoms with van der Waals surface area (Å²) in [7, 11) is 0. The van der Waals surface area contributed by atoms with Crippen molar-refractivity contribution in [3.05, 3.63) is 47.6 Å². The van der Waals surface area contributed by atoms with Crippen LogP contribution in [0.15, 0.2) is 36.4 Å². The SMILES string of the molecule is C=CC.CC(=O)N1CC(Cc2cc(O)c(C3C=C(C)CCC3)c(O)c2)C1. The third kappa shape index (κ3) is 4.90. The van der Waals surface area contributed by atoms with Crippen molar-refractivity contribution in [3.8, 4) is 11.5 Å². The molecule has 26 heavy (non-hydrogen) atoms. The van der Waals surface area contributed by atoms with E-state index >= 15 is 0 Å². The summed E-state index contributed by atoms with van der Waals surface area (Å²) in [5, 5.41) is 20.8. The van der Waals surface area contributed by atoms with E-state index in [2.05, 4.69) is 19.6 Å². The number of carbonyl (C=O) groups is 1. The van der Waals surface area contributed by atoms with Gasteiger partial charge in [0.2, 0.25) is 5.91 Å². The molecule has 1 unspecified atom stereocenters. The van der Waals surface area contributed by atoms with Crippen molar-refractivity contribution < 1.29 is 15.0 Å². The molecule has 1 saturated heterocycles. The molecular formula is C22H31NO3. The summed E-state index contributed by atoms with van der Waals surface area (Å²) in [6.07, 6.45) is 7.86. The van der Waals surface area contributed by atoms with Gasteiger partial charge < -0.3 is 15.1 Å². The number of allylic oxidation sites excluding steroid dienone is 3. The Labute approximate surface area is 156 Å². The molecule has 0 spiro atoms. The number of rotatable bonds is 3. The molecular weight excluding hydrogens is 326 g/mol. The van der Waals surface area contributed by atoms with Gasteiger partial charge in [-0.05, 0) is 63.1 Å². The molecule has 1 aromatic carbocycles. The van der Waals surface area contributed by atoms with E-state index in [1.807, 2.05) is 11.8 Å². The van der Waals surface area contributed by atoms with Gasteiger partial charge in [0.05, 0.1) is 0 Å². The van der Waals surface area contributed by atoms with Gasteiger partial charge in [0.25, 0.3) is 0 Å². The first kappa shape index (κ1) is 20.1. The topological polar surface area (TPSA) is 60.8 Å². The molecule has 1 atom stereocenters. The van der Waals surface area contributed by atoms with Gasteiger partial charge in [0, 0.05) is 31.5 Å². The minimum Gasteiger partial charge on any atom is -0.507 e. The molecule has 2 aliphatic rings. The van der Waals surface area contributed by atoms with E-state index in [0.717, 1.165) is 44.3 Å². The molecule has 1 heterocycles. The summed E-state index contributed by atoms with van der Waals surface area (Å²) in [5.41, 5.74) is 2.92. The fourth-order valence-corrected chi connectivity index (χ4v) is 3.81. The van der Waals surface area contributed by atoms with Crippen LogP contribution in [0.5, 0.6) is 11.5 Å². The van der Waals surface area contributed by atoms with E-state index in [-0.39, 0.29) is 23.3 Å². The predicted molar refractivity (Wildman–Crippen MR) is 105 cm³/mol. The second-order valence-corrected chi connectivity index (χ2v) is 7.46. The predicted octanol–water partition coefficient (Wildman–Crippen LogP) is 4.52. The van der Waals surface area contributed by atoms with Crippen molar-refractivity contribution >= 4 is 5.91 Å². The Morgan fingerprint density at radius 1 is 1.31 bits per heavy atom. The lowest BCUT2D eigenvalue weighted by atomic mass is 9.84. The van der Waals surface area contributed by atoms with Crippen LogP contribution in [0.1, 0.15) is 57.1 Å². The highest BCUT2D eigenvalue weighted by Crippen LogP contribution is 2.41. The Balaban J connectivity index is 0.000000758. The van der Waals surface area contributed by atoms with Gasteiger partial charge >= 0.3 is 0 Å². The minimum atomic E-state index is 0.106. The molecule has 4 nitrogen and oxygen atoms in total. The number of amides is 1. The lowest BCUT2D eigenvalue weighted by Gasteiger charge is -2.38. The second-order valence-electron chi connectivity index (χ2n) is 7.46. The monoisotopic (exact) mass is 357 g/mol. The Hall–Kier alpha value is -2.23. The highest BCUT2D eigenvalue weighted by Gasteiger charge is 2.29. The van der Waals surface area contributed by atoms with Crippen LogP contribution in [0.2, 0.25) is 0 Å². The van der Waals surface area contributed by atoms with Gasteiger partial charge in [-0.1, -0.05) is 17.7 Å². The van der Waals surface area contributed by atoms with Crippen molar-refractivity contribution in [2.45, 2.75) is 52.4 Å². The highest BCUT2D eigenvalue weighted by molar-refractivity contribution is 5.74. The van der Waals surface area contributed by atoms with E-state index in [0.29, 0.717) is 11.5 Å². The summed E-state index contributed by atoms with van der Waals surface area (Å²) in [5.74, 6) is 1.02. The zero-order valence-electron chi connectivity index (χ0n) is 16.2. The number of hydrogen-bond acceptors (Lipinski definition) is 3. The Bertz CT molecular complexity index is 664. The normalized spacial score (nSPS) is 19.7. The van der Waals surface area contributed by atoms with Gasteiger partial charge in [-0.3, -0.25) is 4.79 Å². The first-order chi connectivity index (χ1) is 12.3. The van der Waals surface area contributed by atoms with Gasteiger partial charge in [0.15, 0.2) is 0 Å². The fraction of sp³-hybridized carbons (Fsp3) is 0.500. The molecule has 142 valence electrons. The van der Waals surface area contributed by atoms with Crippen LogP contribution in [-0.4, -0.2) is 34.1 Å². The van der Waals surface area contributed by atoms with E-state index in [1.54, 1.807) is 25.1 Å². The molecule has 1 aliphatic heterocycles. The maximum atomic E-state index is 11.2. The third-order valence-corrected chi connectivity index (χ3v) is 5.07. The number of phenols is 2. The molecule has 1 amide bonds. The molecule has 4 heteroatoms. The number of carbonyl (C=O) groups excluding carboxylic acids is 1. The van der Waals surface area contributed by atoms with E-state index in [4.69, 9.17) is 0 Å². The molecule has 0 radical (unpaired) electrons. The molecule has 2 N–H and O–H groups in total. The standard InChI is InChI=1S/C19H25NO3.C3H6/c1-12-4-3-5-16(6-12)19-17(22)8-14(9-18(19)23)7-15-10-20(11-15)13(2)21;1-3-2/h6,8-9,15-16,22-23H,3-5,7,10-11H2,1-2H3;3H,1H2,2H3. The number of likely N-dealkylation sites (tertiary alicyclic amines) is 1. The summed E-state index contributed by atoms with van der Waals surface area (Å²) in [4.78, 5) is 13.0. The van der Waals surface area contributed by atoms with Crippen LogP contribution in [0.4, 0.5) is 0 Å². The molecule has 1 aliphatic carbocycles. The van der Waals surface area contributed by atoms with Crippen molar-refractivity contribution in [2.24, 2.45) is 5.92 Å². The van der Waals surface area contributed by atoms with E-state index < -0.39 is 0 Å². The lowest BCUT2D eigenvalue weighted by molar-refractivity contribution is -0.134. The highest BCUT2D eigenvalue weighted by atomic mass is 16.3. The van der Waals surface area contributed by atoms with Gasteiger partial charge in [-0.15, -0.1) is 6.58 Å². The van der Waals surface area contributed by atoms with Crippen molar-refractivity contribution in [1.29, 1.82) is 0 Å². The van der Waals surface area contributed by atoms with Crippen molar-refractivity contribution in [1.82, 2.24) is 4.90 Å². The second kappa shape index (κ2) is 8.93. The van der Waals surface area contributed by atoms with Crippen LogP contribution >= 0.6 is 0 Å². The third-order valence-electron chi connectivity index (χ3n) is 5.07. The van der Waals surface area contributed by atoms with Crippen LogP contribution in [0, 0.1) is 5.92 Å². The minimum absolute atomic E-state index is 0.106. The van der Waals surface area contributed by atoms with Gasteiger partial charge in [0.1, 0.15) is 11.5 Å². The first-order valence-electron chi connectivity index (χ1n) is 9.40. The molecule has 0 bridgehead atoms. The molecule has 0 saturated carbocycles. The summed E-state index contributed by atoms with van der Waals surface area (Å²) in [6, 6.07) is 3.56.